The highest BCUT2D eigenvalue weighted by molar-refractivity contribution is 6.27. The van der Waals surface area contributed by atoms with Crippen LogP contribution in [0, 0.1) is 23.5 Å². The number of carbonyl (C=O) groups excluding carboxylic acids is 2. The molecule has 0 aliphatic heterocycles. The Hall–Kier alpha value is -5.76. The van der Waals surface area contributed by atoms with Crippen molar-refractivity contribution >= 4 is 35.0 Å². The topological polar surface area (TPSA) is 169 Å². The fourth-order valence-electron chi connectivity index (χ4n) is 3.98. The number of pyridine rings is 2. The van der Waals surface area contributed by atoms with Crippen LogP contribution in [0.2, 0.25) is 0 Å². The van der Waals surface area contributed by atoms with Crippen molar-refractivity contribution in [2.45, 2.75) is 39.0 Å². The summed E-state index contributed by atoms with van der Waals surface area (Å²) in [5, 5.41) is 2.11. The molecule has 12 nitrogen and oxygen atoms in total. The summed E-state index contributed by atoms with van der Waals surface area (Å²) in [6.45, 7) is 5.81. The van der Waals surface area contributed by atoms with Crippen LogP contribution in [0.15, 0.2) is 65.6 Å². The smallest absolute Gasteiger partial charge is 0.453 e. The average Bonchev–Trinajstić information content (AvgIpc) is 3.02. The first kappa shape index (κ1) is 38.7. The number of nitrogens with one attached hydrogen (secondary N) is 2. The van der Waals surface area contributed by atoms with Gasteiger partial charge in [-0.15, -0.1) is 0 Å². The van der Waals surface area contributed by atoms with E-state index in [1.165, 1.54) is 30.3 Å². The number of alkyl halides is 3. The van der Waals surface area contributed by atoms with Crippen LogP contribution in [-0.2, 0) is 14.3 Å². The van der Waals surface area contributed by atoms with Gasteiger partial charge in [-0.1, -0.05) is 11.8 Å². The first-order valence-electron chi connectivity index (χ1n) is 14.8. The second kappa shape index (κ2) is 17.1. The largest absolute Gasteiger partial charge is 0.458 e. The minimum Gasteiger partial charge on any atom is -0.453 e. The molecule has 0 spiro atoms. The summed E-state index contributed by atoms with van der Waals surface area (Å²) in [5.41, 5.74) is 7.46. The lowest BCUT2D eigenvalue weighted by Gasteiger charge is -2.26. The molecule has 3 rings (SSSR count). The normalized spacial score (nSPS) is 12.1. The van der Waals surface area contributed by atoms with Gasteiger partial charge < -0.3 is 31.0 Å². The molecule has 6 N–H and O–H groups in total. The van der Waals surface area contributed by atoms with Gasteiger partial charge in [-0.2, -0.15) is 17.6 Å². The van der Waals surface area contributed by atoms with Crippen LogP contribution < -0.4 is 26.5 Å². The molecule has 3 aromatic rings. The Kier molecular flexibility index (Phi) is 13.2. The number of anilines is 2. The van der Waals surface area contributed by atoms with Crippen molar-refractivity contribution in [1.29, 1.82) is 0 Å². The lowest BCUT2D eigenvalue weighted by atomic mass is 10.1. The number of H-pyrrole nitrogens is 1. The van der Waals surface area contributed by atoms with Gasteiger partial charge in [0.2, 0.25) is 5.82 Å². The molecule has 0 saturated heterocycles. The zero-order chi connectivity index (χ0) is 37.1. The maximum Gasteiger partial charge on any atom is 0.458 e. The van der Waals surface area contributed by atoms with Gasteiger partial charge in [-0.25, -0.2) is 19.2 Å². The van der Waals surface area contributed by atoms with Crippen molar-refractivity contribution < 1.29 is 50.7 Å². The molecule has 0 aliphatic rings. The third kappa shape index (κ3) is 11.2. The standard InChI is InChI=1S/C33H34F5N7O5/c1-32(2,3)50-31(47)45(16-7-17-48-4)15-6-8-21-25(12-14-41-28(21)40)49-26-11-10-20(18-24(26)35)43-30(46)22(19-39)27(33(36,37)38)44-29-23(34)9-5-13-42-29/h5,9-14,18-19H,7,15-17,39H2,1-4H3,(H2,40,41)(H,43,46)/p+1/b22-19+,44-27-. The summed E-state index contributed by atoms with van der Waals surface area (Å²) < 4.78 is 87.0. The summed E-state index contributed by atoms with van der Waals surface area (Å²) in [5.74, 6) is 0.828. The third-order valence-electron chi connectivity index (χ3n) is 6.21. The van der Waals surface area contributed by atoms with E-state index in [1.807, 2.05) is 0 Å². The summed E-state index contributed by atoms with van der Waals surface area (Å²) in [4.78, 5) is 36.3. The SMILES string of the molecule is COCCCN(CC#Cc1c(Oc2ccc(NC(=O)C(=C/N)/C(=N/c3[nH+]cccc3F)C(F)(F)F)cc2F)ccnc1N)C(=O)OC(C)(C)C. The van der Waals surface area contributed by atoms with Gasteiger partial charge in [0.15, 0.2) is 11.6 Å². The Balaban J connectivity index is 1.82. The van der Waals surface area contributed by atoms with Crippen LogP contribution in [0.3, 0.4) is 0 Å². The van der Waals surface area contributed by atoms with Crippen LogP contribution in [0.1, 0.15) is 32.8 Å². The fourth-order valence-corrected chi connectivity index (χ4v) is 3.98. The number of aliphatic imine (C=N–C) groups is 1. The van der Waals surface area contributed by atoms with Crippen LogP contribution in [0.4, 0.5) is 44.1 Å². The molecule has 50 heavy (non-hydrogen) atoms. The third-order valence-corrected chi connectivity index (χ3v) is 6.21. The number of nitrogens with two attached hydrogens (primary N) is 2. The van der Waals surface area contributed by atoms with Crippen LogP contribution >= 0.6 is 0 Å². The molecular formula is C33H35F5N7O5+. The monoisotopic (exact) mass is 704 g/mol. The van der Waals surface area contributed by atoms with E-state index in [4.69, 9.17) is 25.7 Å². The number of hydrogen-bond donors (Lipinski definition) is 3. The van der Waals surface area contributed by atoms with Crippen molar-refractivity contribution in [3.63, 3.8) is 0 Å². The molecule has 2 amide bonds. The van der Waals surface area contributed by atoms with Crippen molar-refractivity contribution in [3.05, 3.63) is 77.8 Å². The first-order valence-corrected chi connectivity index (χ1v) is 14.8. The lowest BCUT2D eigenvalue weighted by Crippen LogP contribution is -2.38. The van der Waals surface area contributed by atoms with E-state index in [2.05, 4.69) is 32.1 Å². The van der Waals surface area contributed by atoms with Crippen molar-refractivity contribution in [2.24, 2.45) is 10.7 Å². The molecule has 0 unspecified atom stereocenters. The highest BCUT2D eigenvalue weighted by Gasteiger charge is 2.45. The Morgan fingerprint density at radius 1 is 1.12 bits per heavy atom. The Morgan fingerprint density at radius 2 is 1.86 bits per heavy atom. The highest BCUT2D eigenvalue weighted by atomic mass is 19.4. The van der Waals surface area contributed by atoms with E-state index < -0.39 is 52.5 Å². The second-order valence-corrected chi connectivity index (χ2v) is 11.2. The molecule has 266 valence electrons. The Bertz CT molecular complexity index is 1810. The van der Waals surface area contributed by atoms with Crippen LogP contribution in [-0.4, -0.2) is 66.2 Å². The quantitative estimate of drug-likeness (QED) is 0.0796. The molecule has 0 aliphatic carbocycles. The predicted molar refractivity (Wildman–Crippen MR) is 173 cm³/mol. The summed E-state index contributed by atoms with van der Waals surface area (Å²) in [6.07, 6.45) is -2.53. The van der Waals surface area contributed by atoms with Gasteiger partial charge in [0.05, 0.1) is 12.7 Å². The van der Waals surface area contributed by atoms with E-state index in [9.17, 15) is 27.2 Å². The number of ether oxygens (including phenoxy) is 3. The average molecular weight is 705 g/mol. The number of hydrogen-bond acceptors (Lipinski definition) is 9. The molecule has 0 bridgehead atoms. The highest BCUT2D eigenvalue weighted by Crippen LogP contribution is 2.31. The van der Waals surface area contributed by atoms with E-state index in [-0.39, 0.29) is 41.7 Å². The van der Waals surface area contributed by atoms with Crippen molar-refractivity contribution in [1.82, 2.24) is 9.88 Å². The zero-order valence-corrected chi connectivity index (χ0v) is 27.5. The van der Waals surface area contributed by atoms with E-state index in [0.29, 0.717) is 19.2 Å². The minimum atomic E-state index is -5.23. The van der Waals surface area contributed by atoms with E-state index >= 15 is 4.39 Å². The molecule has 0 fully saturated rings. The molecule has 17 heteroatoms. The van der Waals surface area contributed by atoms with Gasteiger partial charge in [-0.05, 0) is 56.4 Å². The Labute approximate surface area is 284 Å². The molecule has 2 aromatic heterocycles. The molecule has 0 atom stereocenters. The maximum absolute atomic E-state index is 15.2. The van der Waals surface area contributed by atoms with Gasteiger partial charge in [0.25, 0.3) is 11.6 Å². The zero-order valence-electron chi connectivity index (χ0n) is 27.5. The van der Waals surface area contributed by atoms with Crippen molar-refractivity contribution in [2.75, 3.05) is 37.9 Å². The second-order valence-electron chi connectivity index (χ2n) is 11.2. The molecule has 1 aromatic carbocycles. The van der Waals surface area contributed by atoms with Gasteiger partial charge >= 0.3 is 18.1 Å². The maximum atomic E-state index is 15.2. The van der Waals surface area contributed by atoms with E-state index in [0.717, 1.165) is 30.5 Å². The fraction of sp³-hybridized carbons (Fsp3) is 0.303. The number of amides is 2. The summed E-state index contributed by atoms with van der Waals surface area (Å²) >= 11 is 0. The predicted octanol–water partition coefficient (Wildman–Crippen LogP) is 5.29. The first-order chi connectivity index (χ1) is 23.5. The number of benzene rings is 1. The number of halogens is 5. The van der Waals surface area contributed by atoms with Gasteiger partial charge in [-0.3, -0.25) is 9.69 Å². The lowest BCUT2D eigenvalue weighted by molar-refractivity contribution is -0.365. The van der Waals surface area contributed by atoms with Gasteiger partial charge in [0.1, 0.15) is 28.3 Å². The number of methoxy groups -OCH3 is 1. The number of nitrogen functional groups attached to an aromatic ring is 1. The number of rotatable bonds is 11. The van der Waals surface area contributed by atoms with E-state index in [1.54, 1.807) is 20.8 Å². The summed E-state index contributed by atoms with van der Waals surface area (Å²) in [6, 6.07) is 6.45. The number of carbonyl (C=O) groups is 2. The molecular weight excluding hydrogens is 669 g/mol. The molecule has 0 radical (unpaired) electrons. The summed E-state index contributed by atoms with van der Waals surface area (Å²) in [7, 11) is 1.53. The minimum absolute atomic E-state index is 0.00628. The molecule has 0 saturated carbocycles. The Morgan fingerprint density at radius 3 is 2.48 bits per heavy atom. The van der Waals surface area contributed by atoms with Crippen LogP contribution in [0.25, 0.3) is 0 Å². The molecule has 2 heterocycles. The number of nitrogens with zero attached hydrogens (tertiary/aromatic N) is 3. The number of aromatic amines is 1. The van der Waals surface area contributed by atoms with Crippen molar-refractivity contribution in [3.8, 4) is 23.3 Å². The number of aromatic nitrogens is 2. The van der Waals surface area contributed by atoms with Crippen LogP contribution in [0.5, 0.6) is 11.5 Å². The van der Waals surface area contributed by atoms with Gasteiger partial charge in [0, 0.05) is 50.5 Å².